The molecule has 1 heterocycles. The minimum absolute atomic E-state index is 0.0499. The number of rotatable bonds is 10. The van der Waals surface area contributed by atoms with Crippen molar-refractivity contribution in [3.63, 3.8) is 0 Å². The van der Waals surface area contributed by atoms with Crippen LogP contribution >= 0.6 is 0 Å². The average Bonchev–Trinajstić information content (AvgIpc) is 3.06. The van der Waals surface area contributed by atoms with E-state index < -0.39 is 47.5 Å². The minimum Gasteiger partial charge on any atom is -0.351 e. The fraction of sp³-hybridized carbons (Fsp3) is 0.500. The maximum Gasteiger partial charge on any atom is 0.344 e. The Labute approximate surface area is 192 Å². The van der Waals surface area contributed by atoms with Gasteiger partial charge in [0.05, 0.1) is 11.8 Å². The zero-order chi connectivity index (χ0) is 24.7. The van der Waals surface area contributed by atoms with E-state index in [1.165, 1.54) is 0 Å². The lowest BCUT2D eigenvalue weighted by Gasteiger charge is -2.28. The molecule has 0 radical (unpaired) electrons. The molecule has 1 fully saturated rings. The van der Waals surface area contributed by atoms with E-state index in [2.05, 4.69) is 16.1 Å². The quantitative estimate of drug-likeness (QED) is 0.197. The molecule has 1 aromatic rings. The fourth-order valence-electron chi connectivity index (χ4n) is 3.61. The third kappa shape index (κ3) is 6.51. The molecule has 180 valence electrons. The second-order valence-electron chi connectivity index (χ2n) is 8.72. The Balaban J connectivity index is 2.21. The molecule has 0 aliphatic carbocycles. The lowest BCUT2D eigenvalue weighted by atomic mass is 9.84. The van der Waals surface area contributed by atoms with Gasteiger partial charge in [-0.2, -0.15) is 5.01 Å². The summed E-state index contributed by atoms with van der Waals surface area (Å²) >= 11 is 0. The van der Waals surface area contributed by atoms with Crippen LogP contribution in [0, 0.1) is 23.7 Å². The molecule has 0 bridgehead atoms. The first-order valence-corrected chi connectivity index (χ1v) is 10.8. The van der Waals surface area contributed by atoms with E-state index in [0.717, 1.165) is 0 Å². The van der Waals surface area contributed by atoms with Crippen LogP contribution in [0.3, 0.4) is 0 Å². The second kappa shape index (κ2) is 11.4. The number of nitrogens with one attached hydrogen (secondary N) is 4. The predicted molar refractivity (Wildman–Crippen MR) is 117 cm³/mol. The molecule has 1 saturated heterocycles. The zero-order valence-corrected chi connectivity index (χ0v) is 19.1. The van der Waals surface area contributed by atoms with Gasteiger partial charge < -0.3 is 10.6 Å². The van der Waals surface area contributed by atoms with Crippen molar-refractivity contribution in [1.82, 2.24) is 26.5 Å². The van der Waals surface area contributed by atoms with E-state index in [9.17, 15) is 29.2 Å². The maximum atomic E-state index is 13.1. The summed E-state index contributed by atoms with van der Waals surface area (Å²) in [4.78, 5) is 62.7. The standard InChI is InChI=1S/C22H31N5O6/c1-12(2)10-15(19(29)25-27-21(31)17(13(3)4)24-22(27)32)16(20(30)26-33)11-23-18(28)14-8-6-5-7-9-14/h5-9,12-13,15-17,33H,10-11H2,1-4H3,(H,23,28)(H,24,32)(H,25,29)(H,26,30)/t15-,16+,17+/m1/s1. The summed E-state index contributed by atoms with van der Waals surface area (Å²) in [5.74, 6) is -5.13. The smallest absolute Gasteiger partial charge is 0.344 e. The predicted octanol–water partition coefficient (Wildman–Crippen LogP) is 0.808. The van der Waals surface area contributed by atoms with Gasteiger partial charge in [0.2, 0.25) is 11.8 Å². The topological polar surface area (TPSA) is 157 Å². The molecule has 0 spiro atoms. The van der Waals surface area contributed by atoms with Crippen molar-refractivity contribution in [3.8, 4) is 0 Å². The van der Waals surface area contributed by atoms with Gasteiger partial charge in [-0.15, -0.1) is 0 Å². The summed E-state index contributed by atoms with van der Waals surface area (Å²) in [6, 6.07) is 6.77. The Kier molecular flexibility index (Phi) is 8.92. The zero-order valence-electron chi connectivity index (χ0n) is 19.1. The average molecular weight is 462 g/mol. The highest BCUT2D eigenvalue weighted by molar-refractivity contribution is 6.05. The van der Waals surface area contributed by atoms with Gasteiger partial charge in [-0.05, 0) is 30.4 Å². The van der Waals surface area contributed by atoms with Crippen LogP contribution in [0.5, 0.6) is 0 Å². The van der Waals surface area contributed by atoms with Crippen LogP contribution in [0.15, 0.2) is 30.3 Å². The molecular weight excluding hydrogens is 430 g/mol. The summed E-state index contributed by atoms with van der Waals surface area (Å²) in [5, 5.41) is 15.0. The van der Waals surface area contributed by atoms with Crippen LogP contribution in [0.4, 0.5) is 4.79 Å². The highest BCUT2D eigenvalue weighted by Gasteiger charge is 2.43. The molecule has 0 unspecified atom stereocenters. The molecule has 11 heteroatoms. The summed E-state index contributed by atoms with van der Waals surface area (Å²) in [5.41, 5.74) is 4.21. The fourth-order valence-corrected chi connectivity index (χ4v) is 3.61. The van der Waals surface area contributed by atoms with Crippen molar-refractivity contribution in [2.45, 2.75) is 40.2 Å². The Hall–Kier alpha value is -3.47. The van der Waals surface area contributed by atoms with Crippen LogP contribution < -0.4 is 21.5 Å². The number of hydroxylamine groups is 1. The molecule has 0 saturated carbocycles. The van der Waals surface area contributed by atoms with Crippen molar-refractivity contribution in [2.75, 3.05) is 6.54 Å². The number of hydrazine groups is 1. The van der Waals surface area contributed by atoms with Crippen LogP contribution in [0.2, 0.25) is 0 Å². The van der Waals surface area contributed by atoms with Crippen LogP contribution in [0.1, 0.15) is 44.5 Å². The lowest BCUT2D eigenvalue weighted by Crippen LogP contribution is -2.53. The highest BCUT2D eigenvalue weighted by atomic mass is 16.5. The van der Waals surface area contributed by atoms with Crippen molar-refractivity contribution < 1.29 is 29.2 Å². The number of urea groups is 1. The monoisotopic (exact) mass is 461 g/mol. The SMILES string of the molecule is CC(C)C[C@@H](C(=O)NN1C(=O)N[C@@H](C(C)C)C1=O)[C@H](CNC(=O)c1ccccc1)C(=O)NO. The van der Waals surface area contributed by atoms with Gasteiger partial charge >= 0.3 is 6.03 Å². The molecule has 3 atom stereocenters. The largest absolute Gasteiger partial charge is 0.351 e. The van der Waals surface area contributed by atoms with E-state index in [4.69, 9.17) is 0 Å². The Morgan fingerprint density at radius 3 is 2.18 bits per heavy atom. The lowest BCUT2D eigenvalue weighted by molar-refractivity contribution is -0.144. The van der Waals surface area contributed by atoms with E-state index >= 15 is 0 Å². The molecule has 11 nitrogen and oxygen atoms in total. The molecule has 1 aliphatic rings. The number of benzene rings is 1. The van der Waals surface area contributed by atoms with Crippen molar-refractivity contribution in [2.24, 2.45) is 23.7 Å². The number of hydrogen-bond acceptors (Lipinski definition) is 6. The van der Waals surface area contributed by atoms with Crippen molar-refractivity contribution in [3.05, 3.63) is 35.9 Å². The number of carbonyl (C=O) groups excluding carboxylic acids is 5. The maximum absolute atomic E-state index is 13.1. The number of amides is 6. The Morgan fingerprint density at radius 1 is 1.03 bits per heavy atom. The molecule has 5 N–H and O–H groups in total. The van der Waals surface area contributed by atoms with Crippen LogP contribution in [0.25, 0.3) is 0 Å². The summed E-state index contributed by atoms with van der Waals surface area (Å²) in [6.45, 7) is 6.93. The van der Waals surface area contributed by atoms with Crippen LogP contribution in [-0.4, -0.2) is 52.5 Å². The Bertz CT molecular complexity index is 889. The summed E-state index contributed by atoms with van der Waals surface area (Å²) in [7, 11) is 0. The van der Waals surface area contributed by atoms with E-state index in [1.54, 1.807) is 49.7 Å². The number of carbonyl (C=O) groups is 5. The molecule has 1 aliphatic heterocycles. The van der Waals surface area contributed by atoms with E-state index in [1.807, 2.05) is 13.8 Å². The number of nitrogens with zero attached hydrogens (tertiary/aromatic N) is 1. The highest BCUT2D eigenvalue weighted by Crippen LogP contribution is 2.23. The first-order valence-electron chi connectivity index (χ1n) is 10.8. The van der Waals surface area contributed by atoms with Gasteiger partial charge in [0, 0.05) is 12.1 Å². The molecule has 33 heavy (non-hydrogen) atoms. The van der Waals surface area contributed by atoms with Crippen molar-refractivity contribution >= 4 is 29.7 Å². The summed E-state index contributed by atoms with van der Waals surface area (Å²) < 4.78 is 0. The van der Waals surface area contributed by atoms with Crippen molar-refractivity contribution in [1.29, 1.82) is 0 Å². The van der Waals surface area contributed by atoms with Crippen LogP contribution in [-0.2, 0) is 14.4 Å². The minimum atomic E-state index is -1.16. The van der Waals surface area contributed by atoms with Gasteiger partial charge in [0.1, 0.15) is 6.04 Å². The Morgan fingerprint density at radius 2 is 1.67 bits per heavy atom. The molecular formula is C22H31N5O6. The number of hydrogen-bond donors (Lipinski definition) is 5. The summed E-state index contributed by atoms with van der Waals surface area (Å²) in [6.07, 6.45) is 0.197. The molecule has 6 amide bonds. The molecule has 0 aromatic heterocycles. The normalized spacial score (nSPS) is 17.5. The number of imide groups is 1. The van der Waals surface area contributed by atoms with E-state index in [0.29, 0.717) is 10.6 Å². The first kappa shape index (κ1) is 25.8. The van der Waals surface area contributed by atoms with Gasteiger partial charge in [0.25, 0.3) is 11.8 Å². The van der Waals surface area contributed by atoms with Gasteiger partial charge in [-0.1, -0.05) is 45.9 Å². The molecule has 2 rings (SSSR count). The van der Waals surface area contributed by atoms with Gasteiger partial charge in [-0.3, -0.25) is 29.8 Å². The second-order valence-corrected chi connectivity index (χ2v) is 8.72. The third-order valence-corrected chi connectivity index (χ3v) is 5.37. The first-order chi connectivity index (χ1) is 15.6. The van der Waals surface area contributed by atoms with Gasteiger partial charge in [-0.25, -0.2) is 10.3 Å². The van der Waals surface area contributed by atoms with E-state index in [-0.39, 0.29) is 24.8 Å². The van der Waals surface area contributed by atoms with Gasteiger partial charge in [0.15, 0.2) is 0 Å². The molecule has 1 aromatic carbocycles. The third-order valence-electron chi connectivity index (χ3n) is 5.37.